The molecule has 2 heterocycles. The van der Waals surface area contributed by atoms with Gasteiger partial charge in [0, 0.05) is 24.9 Å². The standard InChI is InChI=1S/C20H25N3O/c24-20(18-14-7-1-2-8-15(14)18)23-11-5-6-13(12-23)19-21-16-9-3-4-10-17(16)22-19/h3-4,9-10,13-15,18H,1-2,5-8,11-12H2,(H,21,22)/t13-,14-,15-/m1/s1. The molecule has 1 N–H and O–H groups in total. The Morgan fingerprint density at radius 2 is 1.88 bits per heavy atom. The molecule has 1 aromatic carbocycles. The average Bonchev–Trinajstić information content (AvgIpc) is 3.20. The van der Waals surface area contributed by atoms with Gasteiger partial charge in [-0.25, -0.2) is 4.98 Å². The number of nitrogens with zero attached hydrogens (tertiary/aromatic N) is 2. The Morgan fingerprint density at radius 3 is 2.67 bits per heavy atom. The highest BCUT2D eigenvalue weighted by atomic mass is 16.2. The summed E-state index contributed by atoms with van der Waals surface area (Å²) >= 11 is 0. The van der Waals surface area contributed by atoms with Crippen molar-refractivity contribution in [3.63, 3.8) is 0 Å². The summed E-state index contributed by atoms with van der Waals surface area (Å²) in [6.07, 6.45) is 7.43. The van der Waals surface area contributed by atoms with Crippen molar-refractivity contribution in [1.82, 2.24) is 14.9 Å². The van der Waals surface area contributed by atoms with Gasteiger partial charge < -0.3 is 9.88 Å². The van der Waals surface area contributed by atoms with Gasteiger partial charge in [-0.1, -0.05) is 25.0 Å². The summed E-state index contributed by atoms with van der Waals surface area (Å²) in [4.78, 5) is 23.4. The number of aromatic nitrogens is 2. The van der Waals surface area contributed by atoms with Crippen LogP contribution in [-0.2, 0) is 4.79 Å². The normalized spacial score (nSPS) is 32.6. The second kappa shape index (κ2) is 5.61. The maximum Gasteiger partial charge on any atom is 0.226 e. The van der Waals surface area contributed by atoms with Crippen molar-refractivity contribution in [3.05, 3.63) is 30.1 Å². The lowest BCUT2D eigenvalue weighted by atomic mass is 9.97. The maximum absolute atomic E-state index is 13.0. The third-order valence-corrected chi connectivity index (χ3v) is 6.47. The molecule has 3 aliphatic rings. The number of rotatable bonds is 2. The van der Waals surface area contributed by atoms with E-state index in [0.29, 0.717) is 29.6 Å². The molecule has 0 radical (unpaired) electrons. The summed E-state index contributed by atoms with van der Waals surface area (Å²) in [5.41, 5.74) is 2.13. The van der Waals surface area contributed by atoms with Gasteiger partial charge in [0.1, 0.15) is 5.82 Å². The lowest BCUT2D eigenvalue weighted by Crippen LogP contribution is -2.40. The number of hydrogen-bond donors (Lipinski definition) is 1. The largest absolute Gasteiger partial charge is 0.342 e. The fourth-order valence-electron chi connectivity index (χ4n) is 5.14. The highest BCUT2D eigenvalue weighted by Crippen LogP contribution is 2.56. The van der Waals surface area contributed by atoms with E-state index in [1.807, 2.05) is 12.1 Å². The third-order valence-electron chi connectivity index (χ3n) is 6.47. The summed E-state index contributed by atoms with van der Waals surface area (Å²) in [6, 6.07) is 8.19. The van der Waals surface area contributed by atoms with Crippen LogP contribution in [0.3, 0.4) is 0 Å². The number of piperidine rings is 1. The molecule has 24 heavy (non-hydrogen) atoms. The zero-order chi connectivity index (χ0) is 16.1. The monoisotopic (exact) mass is 323 g/mol. The third kappa shape index (κ3) is 2.35. The molecule has 3 atom stereocenters. The van der Waals surface area contributed by atoms with E-state index >= 15 is 0 Å². The van der Waals surface area contributed by atoms with Gasteiger partial charge in [0.2, 0.25) is 5.91 Å². The van der Waals surface area contributed by atoms with Gasteiger partial charge in [-0.05, 0) is 49.7 Å². The van der Waals surface area contributed by atoms with Crippen LogP contribution in [0.2, 0.25) is 0 Å². The smallest absolute Gasteiger partial charge is 0.226 e. The fourth-order valence-corrected chi connectivity index (χ4v) is 5.14. The zero-order valence-electron chi connectivity index (χ0n) is 14.1. The molecule has 126 valence electrons. The van der Waals surface area contributed by atoms with Crippen molar-refractivity contribution in [2.45, 2.75) is 44.4 Å². The minimum atomic E-state index is 0.349. The first-order valence-electron chi connectivity index (χ1n) is 9.55. The Hall–Kier alpha value is -1.84. The second-order valence-corrected chi connectivity index (χ2v) is 7.90. The molecule has 4 nitrogen and oxygen atoms in total. The molecule has 0 unspecified atom stereocenters. The number of amides is 1. The predicted octanol–water partition coefficient (Wildman–Crippen LogP) is 3.71. The van der Waals surface area contributed by atoms with Crippen molar-refractivity contribution in [2.75, 3.05) is 13.1 Å². The molecular weight excluding hydrogens is 298 g/mol. The van der Waals surface area contributed by atoms with Gasteiger partial charge in [0.05, 0.1) is 11.0 Å². The number of hydrogen-bond acceptors (Lipinski definition) is 2. The van der Waals surface area contributed by atoms with Gasteiger partial charge in [-0.15, -0.1) is 0 Å². The molecule has 1 amide bonds. The molecular formula is C20H25N3O. The van der Waals surface area contributed by atoms with Crippen LogP contribution in [0.25, 0.3) is 11.0 Å². The number of para-hydroxylation sites is 2. The second-order valence-electron chi connectivity index (χ2n) is 7.90. The van der Waals surface area contributed by atoms with Crippen molar-refractivity contribution < 1.29 is 4.79 Å². The van der Waals surface area contributed by atoms with Crippen LogP contribution in [0.5, 0.6) is 0 Å². The van der Waals surface area contributed by atoms with Crippen molar-refractivity contribution in [3.8, 4) is 0 Å². The van der Waals surface area contributed by atoms with Gasteiger partial charge in [-0.3, -0.25) is 4.79 Å². The highest BCUT2D eigenvalue weighted by molar-refractivity contribution is 5.82. The molecule has 4 heteroatoms. The van der Waals surface area contributed by atoms with Crippen LogP contribution in [0.1, 0.15) is 50.3 Å². The number of nitrogens with one attached hydrogen (secondary N) is 1. The number of H-pyrrole nitrogens is 1. The van der Waals surface area contributed by atoms with Crippen LogP contribution < -0.4 is 0 Å². The van der Waals surface area contributed by atoms with E-state index in [2.05, 4.69) is 22.0 Å². The molecule has 1 saturated heterocycles. The van der Waals surface area contributed by atoms with E-state index in [-0.39, 0.29) is 0 Å². The van der Waals surface area contributed by atoms with Gasteiger partial charge in [-0.2, -0.15) is 0 Å². The summed E-state index contributed by atoms with van der Waals surface area (Å²) in [7, 11) is 0. The molecule has 2 aromatic rings. The van der Waals surface area contributed by atoms with Crippen LogP contribution in [0.15, 0.2) is 24.3 Å². The van der Waals surface area contributed by atoms with Gasteiger partial charge in [0.25, 0.3) is 0 Å². The van der Waals surface area contributed by atoms with E-state index < -0.39 is 0 Å². The lowest BCUT2D eigenvalue weighted by molar-refractivity contribution is -0.134. The van der Waals surface area contributed by atoms with Crippen molar-refractivity contribution >= 4 is 16.9 Å². The number of carbonyl (C=O) groups is 1. The average molecular weight is 323 g/mol. The molecule has 1 aromatic heterocycles. The fraction of sp³-hybridized carbons (Fsp3) is 0.600. The minimum Gasteiger partial charge on any atom is -0.342 e. The van der Waals surface area contributed by atoms with Crippen LogP contribution in [0.4, 0.5) is 0 Å². The van der Waals surface area contributed by atoms with Crippen LogP contribution >= 0.6 is 0 Å². The first-order chi connectivity index (χ1) is 11.8. The SMILES string of the molecule is O=C(C1[C@@H]2CCCC[C@@H]12)N1CCC[C@@H](c2nc3ccccc3[nH]2)C1. The summed E-state index contributed by atoms with van der Waals surface area (Å²) < 4.78 is 0. The molecule has 0 bridgehead atoms. The molecule has 0 spiro atoms. The summed E-state index contributed by atoms with van der Waals surface area (Å²) in [5, 5.41) is 0. The van der Waals surface area contributed by atoms with E-state index in [9.17, 15) is 4.79 Å². The molecule has 1 aliphatic heterocycles. The van der Waals surface area contributed by atoms with E-state index in [1.165, 1.54) is 25.7 Å². The summed E-state index contributed by atoms with van der Waals surface area (Å²) in [5.74, 6) is 3.61. The minimum absolute atomic E-state index is 0.349. The first kappa shape index (κ1) is 14.5. The van der Waals surface area contributed by atoms with Gasteiger partial charge in [0.15, 0.2) is 0 Å². The number of carbonyl (C=O) groups excluding carboxylic acids is 1. The van der Waals surface area contributed by atoms with E-state index in [0.717, 1.165) is 42.8 Å². The number of imidazole rings is 1. The zero-order valence-corrected chi connectivity index (χ0v) is 14.1. The van der Waals surface area contributed by atoms with Crippen molar-refractivity contribution in [1.29, 1.82) is 0 Å². The Bertz CT molecular complexity index is 722. The Balaban J connectivity index is 1.32. The van der Waals surface area contributed by atoms with Gasteiger partial charge >= 0.3 is 0 Å². The van der Waals surface area contributed by atoms with E-state index in [4.69, 9.17) is 4.98 Å². The topological polar surface area (TPSA) is 49.0 Å². The number of aromatic amines is 1. The van der Waals surface area contributed by atoms with Crippen LogP contribution in [0, 0.1) is 17.8 Å². The first-order valence-corrected chi connectivity index (χ1v) is 9.55. The van der Waals surface area contributed by atoms with E-state index in [1.54, 1.807) is 0 Å². The maximum atomic E-state index is 13.0. The Labute approximate surface area is 142 Å². The molecule has 3 fully saturated rings. The molecule has 2 saturated carbocycles. The quantitative estimate of drug-likeness (QED) is 0.916. The molecule has 2 aliphatic carbocycles. The Kier molecular flexibility index (Phi) is 3.39. The van der Waals surface area contributed by atoms with Crippen molar-refractivity contribution in [2.24, 2.45) is 17.8 Å². The predicted molar refractivity (Wildman–Crippen MR) is 93.6 cm³/mol. The highest BCUT2D eigenvalue weighted by Gasteiger charge is 2.56. The molecule has 5 rings (SSSR count). The number of fused-ring (bicyclic) bond motifs is 2. The lowest BCUT2D eigenvalue weighted by Gasteiger charge is -2.32. The van der Waals surface area contributed by atoms with Crippen LogP contribution in [-0.4, -0.2) is 33.9 Å². The summed E-state index contributed by atoms with van der Waals surface area (Å²) in [6.45, 7) is 1.78. The number of benzene rings is 1. The Morgan fingerprint density at radius 1 is 1.08 bits per heavy atom. The number of likely N-dealkylation sites (tertiary alicyclic amines) is 1.